The van der Waals surface area contributed by atoms with Gasteiger partial charge in [-0.25, -0.2) is 0 Å². The predicted octanol–water partition coefficient (Wildman–Crippen LogP) is 4.14. The van der Waals surface area contributed by atoms with Gasteiger partial charge in [-0.1, -0.05) is 30.3 Å². The second-order valence-corrected chi connectivity index (χ2v) is 5.26. The summed E-state index contributed by atoms with van der Waals surface area (Å²) in [4.78, 5) is 4.26. The summed E-state index contributed by atoms with van der Waals surface area (Å²) in [5.74, 6) is 0.826. The number of nitrogens with one attached hydrogen (secondary N) is 1. The van der Waals surface area contributed by atoms with Crippen LogP contribution in [0.2, 0.25) is 0 Å². The average molecular weight is 315 g/mol. The van der Waals surface area contributed by atoms with Gasteiger partial charge in [-0.3, -0.25) is 4.98 Å². The summed E-state index contributed by atoms with van der Waals surface area (Å²) in [6.45, 7) is 1.05. The number of hydrogen-bond donors (Lipinski definition) is 1. The van der Waals surface area contributed by atoms with Crippen molar-refractivity contribution in [3.63, 3.8) is 0 Å². The Morgan fingerprint density at radius 1 is 1.00 bits per heavy atom. The SMILES string of the molecule is N#Cc1cccc(NCc2ccccc2OCc2ccccn2)c1. The van der Waals surface area contributed by atoms with Gasteiger partial charge in [0, 0.05) is 24.0 Å². The Morgan fingerprint density at radius 2 is 1.88 bits per heavy atom. The van der Waals surface area contributed by atoms with E-state index >= 15 is 0 Å². The summed E-state index contributed by atoms with van der Waals surface area (Å²) in [6.07, 6.45) is 1.76. The molecule has 3 aromatic rings. The molecule has 118 valence electrons. The number of hydrogen-bond acceptors (Lipinski definition) is 4. The molecule has 1 heterocycles. The Labute approximate surface area is 141 Å². The molecule has 3 rings (SSSR count). The zero-order valence-corrected chi connectivity index (χ0v) is 13.1. The van der Waals surface area contributed by atoms with E-state index in [9.17, 15) is 0 Å². The highest BCUT2D eigenvalue weighted by Gasteiger charge is 2.04. The molecule has 0 aliphatic rings. The van der Waals surface area contributed by atoms with Gasteiger partial charge in [0.2, 0.25) is 0 Å². The third-order valence-electron chi connectivity index (χ3n) is 3.55. The maximum absolute atomic E-state index is 8.97. The Hall–Kier alpha value is -3.32. The molecule has 2 aromatic carbocycles. The van der Waals surface area contributed by atoms with E-state index < -0.39 is 0 Å². The third kappa shape index (κ3) is 4.11. The van der Waals surface area contributed by atoms with E-state index in [1.165, 1.54) is 0 Å². The van der Waals surface area contributed by atoms with Crippen LogP contribution in [0, 0.1) is 11.3 Å². The van der Waals surface area contributed by atoms with Crippen molar-refractivity contribution in [1.29, 1.82) is 5.26 Å². The maximum atomic E-state index is 8.97. The van der Waals surface area contributed by atoms with Crippen LogP contribution < -0.4 is 10.1 Å². The molecule has 0 fully saturated rings. The molecular formula is C20H17N3O. The van der Waals surface area contributed by atoms with Gasteiger partial charge in [-0.2, -0.15) is 5.26 Å². The number of anilines is 1. The van der Waals surface area contributed by atoms with Gasteiger partial charge < -0.3 is 10.1 Å². The fourth-order valence-electron chi connectivity index (χ4n) is 2.32. The van der Waals surface area contributed by atoms with Crippen LogP contribution in [0.25, 0.3) is 0 Å². The Bertz CT molecular complexity index is 841. The van der Waals surface area contributed by atoms with Crippen molar-refractivity contribution in [2.45, 2.75) is 13.2 Å². The summed E-state index contributed by atoms with van der Waals surface area (Å²) in [7, 11) is 0. The highest BCUT2D eigenvalue weighted by Crippen LogP contribution is 2.21. The molecule has 0 aliphatic heterocycles. The first kappa shape index (κ1) is 15.6. The molecule has 4 heteroatoms. The van der Waals surface area contributed by atoms with Gasteiger partial charge in [-0.15, -0.1) is 0 Å². The molecule has 0 spiro atoms. The van der Waals surface area contributed by atoms with E-state index in [4.69, 9.17) is 10.00 Å². The minimum Gasteiger partial charge on any atom is -0.487 e. The molecule has 0 aliphatic carbocycles. The van der Waals surface area contributed by atoms with Crippen LogP contribution in [-0.2, 0) is 13.2 Å². The average Bonchev–Trinajstić information content (AvgIpc) is 2.66. The molecule has 0 saturated heterocycles. The van der Waals surface area contributed by atoms with Gasteiger partial charge in [0.25, 0.3) is 0 Å². The summed E-state index contributed by atoms with van der Waals surface area (Å²) in [6, 6.07) is 23.2. The lowest BCUT2D eigenvalue weighted by molar-refractivity contribution is 0.298. The van der Waals surface area contributed by atoms with Crippen molar-refractivity contribution in [2.24, 2.45) is 0 Å². The van der Waals surface area contributed by atoms with Crippen LogP contribution in [-0.4, -0.2) is 4.98 Å². The Balaban J connectivity index is 1.66. The first-order valence-corrected chi connectivity index (χ1v) is 7.70. The Morgan fingerprint density at radius 3 is 2.71 bits per heavy atom. The second-order valence-electron chi connectivity index (χ2n) is 5.26. The fraction of sp³-hybridized carbons (Fsp3) is 0.100. The maximum Gasteiger partial charge on any atom is 0.130 e. The first-order valence-electron chi connectivity index (χ1n) is 7.70. The van der Waals surface area contributed by atoms with E-state index in [1.54, 1.807) is 12.3 Å². The molecule has 1 aromatic heterocycles. The lowest BCUT2D eigenvalue weighted by atomic mass is 10.2. The second kappa shape index (κ2) is 7.80. The van der Waals surface area contributed by atoms with Gasteiger partial charge in [-0.05, 0) is 36.4 Å². The lowest BCUT2D eigenvalue weighted by Crippen LogP contribution is -2.04. The normalized spacial score (nSPS) is 9.96. The molecule has 24 heavy (non-hydrogen) atoms. The van der Waals surface area contributed by atoms with Crippen molar-refractivity contribution >= 4 is 5.69 Å². The number of rotatable bonds is 6. The van der Waals surface area contributed by atoms with Gasteiger partial charge >= 0.3 is 0 Å². The van der Waals surface area contributed by atoms with Crippen molar-refractivity contribution < 1.29 is 4.74 Å². The van der Waals surface area contributed by atoms with Crippen LogP contribution in [0.5, 0.6) is 5.75 Å². The topological polar surface area (TPSA) is 57.9 Å². The monoisotopic (exact) mass is 315 g/mol. The standard InChI is InChI=1S/C20H17N3O/c21-13-16-6-5-9-18(12-16)23-14-17-7-1-2-10-20(17)24-15-19-8-3-4-11-22-19/h1-12,23H,14-15H2. The minimum absolute atomic E-state index is 0.432. The van der Waals surface area contributed by atoms with Crippen molar-refractivity contribution in [1.82, 2.24) is 4.98 Å². The predicted molar refractivity (Wildman–Crippen MR) is 93.5 cm³/mol. The Kier molecular flexibility index (Phi) is 5.06. The zero-order valence-electron chi connectivity index (χ0n) is 13.1. The highest BCUT2D eigenvalue weighted by atomic mass is 16.5. The molecule has 0 unspecified atom stereocenters. The van der Waals surface area contributed by atoms with Crippen molar-refractivity contribution in [3.8, 4) is 11.8 Å². The number of aromatic nitrogens is 1. The fourth-order valence-corrected chi connectivity index (χ4v) is 2.32. The van der Waals surface area contributed by atoms with Crippen LogP contribution >= 0.6 is 0 Å². The molecule has 0 atom stereocenters. The molecule has 0 amide bonds. The number of para-hydroxylation sites is 1. The summed E-state index contributed by atoms with van der Waals surface area (Å²) in [5.41, 5.74) is 3.49. The largest absolute Gasteiger partial charge is 0.487 e. The van der Waals surface area contributed by atoms with E-state index in [-0.39, 0.29) is 0 Å². The molecular weight excluding hydrogens is 298 g/mol. The van der Waals surface area contributed by atoms with E-state index in [0.717, 1.165) is 22.7 Å². The van der Waals surface area contributed by atoms with Gasteiger partial charge in [0.15, 0.2) is 0 Å². The van der Waals surface area contributed by atoms with Gasteiger partial charge in [0.1, 0.15) is 12.4 Å². The molecule has 0 saturated carbocycles. The van der Waals surface area contributed by atoms with Crippen molar-refractivity contribution in [2.75, 3.05) is 5.32 Å². The zero-order chi connectivity index (χ0) is 16.6. The lowest BCUT2D eigenvalue weighted by Gasteiger charge is -2.12. The van der Waals surface area contributed by atoms with Crippen LogP contribution in [0.1, 0.15) is 16.8 Å². The summed E-state index contributed by atoms with van der Waals surface area (Å²) >= 11 is 0. The highest BCUT2D eigenvalue weighted by molar-refractivity contribution is 5.50. The van der Waals surface area contributed by atoms with E-state index in [0.29, 0.717) is 18.7 Å². The summed E-state index contributed by atoms with van der Waals surface area (Å²) in [5, 5.41) is 12.3. The molecule has 0 radical (unpaired) electrons. The summed E-state index contributed by atoms with van der Waals surface area (Å²) < 4.78 is 5.90. The van der Waals surface area contributed by atoms with Crippen LogP contribution in [0.4, 0.5) is 5.69 Å². The molecule has 1 N–H and O–H groups in total. The minimum atomic E-state index is 0.432. The van der Waals surface area contributed by atoms with E-state index in [2.05, 4.69) is 16.4 Å². The first-order chi connectivity index (χ1) is 11.8. The van der Waals surface area contributed by atoms with Crippen molar-refractivity contribution in [3.05, 3.63) is 89.7 Å². The number of nitriles is 1. The smallest absolute Gasteiger partial charge is 0.130 e. The van der Waals surface area contributed by atoms with E-state index in [1.807, 2.05) is 60.7 Å². The molecule has 0 bridgehead atoms. The third-order valence-corrected chi connectivity index (χ3v) is 3.55. The van der Waals surface area contributed by atoms with Crippen LogP contribution in [0.3, 0.4) is 0 Å². The van der Waals surface area contributed by atoms with Gasteiger partial charge in [0.05, 0.1) is 17.3 Å². The number of ether oxygens (including phenoxy) is 1. The quantitative estimate of drug-likeness (QED) is 0.742. The number of nitrogens with zero attached hydrogens (tertiary/aromatic N) is 2. The number of pyridine rings is 1. The number of benzene rings is 2. The van der Waals surface area contributed by atoms with Crippen LogP contribution in [0.15, 0.2) is 72.9 Å². The molecule has 4 nitrogen and oxygen atoms in total.